The summed E-state index contributed by atoms with van der Waals surface area (Å²) in [7, 11) is -3.36. The average Bonchev–Trinajstić information content (AvgIpc) is 3.00. The van der Waals surface area contributed by atoms with Gasteiger partial charge in [-0.1, -0.05) is 0 Å². The molecule has 0 saturated carbocycles. The van der Waals surface area contributed by atoms with Crippen LogP contribution in [0.4, 0.5) is 17.1 Å². The van der Waals surface area contributed by atoms with Gasteiger partial charge in [-0.15, -0.1) is 0 Å². The number of hydrogen-bond donors (Lipinski definition) is 2. The first-order valence-electron chi connectivity index (χ1n) is 9.05. The lowest BCUT2D eigenvalue weighted by molar-refractivity contribution is -0.384. The maximum atomic E-state index is 12.4. The van der Waals surface area contributed by atoms with Crippen LogP contribution in [0.3, 0.4) is 0 Å². The summed E-state index contributed by atoms with van der Waals surface area (Å²) in [4.78, 5) is 22.6. The lowest BCUT2D eigenvalue weighted by Crippen LogP contribution is -2.34. The van der Waals surface area contributed by atoms with E-state index in [0.29, 0.717) is 30.8 Å². The number of carbonyl (C=O) groups excluding carboxylic acids is 1. The van der Waals surface area contributed by atoms with E-state index >= 15 is 0 Å². The zero-order valence-electron chi connectivity index (χ0n) is 16.1. The lowest BCUT2D eigenvalue weighted by Gasteiger charge is -2.21. The van der Waals surface area contributed by atoms with Crippen molar-refractivity contribution in [1.82, 2.24) is 5.32 Å². The molecule has 1 aliphatic rings. The Morgan fingerprint density at radius 2 is 1.90 bits per heavy atom. The van der Waals surface area contributed by atoms with Crippen LogP contribution in [0, 0.1) is 10.1 Å². The van der Waals surface area contributed by atoms with Crippen molar-refractivity contribution in [3.05, 3.63) is 63.7 Å². The fourth-order valence-corrected chi connectivity index (χ4v) is 4.70. The molecule has 10 heteroatoms. The molecule has 2 aromatic rings. The van der Waals surface area contributed by atoms with Gasteiger partial charge >= 0.3 is 0 Å². The molecule has 0 radical (unpaired) electrons. The summed E-state index contributed by atoms with van der Waals surface area (Å²) in [6.45, 7) is 2.65. The molecule has 154 valence electrons. The predicted molar refractivity (Wildman–Crippen MR) is 111 cm³/mol. The van der Waals surface area contributed by atoms with Crippen molar-refractivity contribution in [2.45, 2.75) is 19.4 Å². The number of nitro groups is 1. The Kier molecular flexibility index (Phi) is 5.73. The second-order valence-electron chi connectivity index (χ2n) is 6.94. The van der Waals surface area contributed by atoms with Gasteiger partial charge in [-0.3, -0.25) is 19.2 Å². The van der Waals surface area contributed by atoms with Crippen LogP contribution in [0.2, 0.25) is 0 Å². The van der Waals surface area contributed by atoms with Gasteiger partial charge in [0, 0.05) is 42.5 Å². The highest BCUT2D eigenvalue weighted by atomic mass is 32.2. The Bertz CT molecular complexity index is 1040. The van der Waals surface area contributed by atoms with Crippen LogP contribution in [-0.4, -0.2) is 44.6 Å². The van der Waals surface area contributed by atoms with Gasteiger partial charge in [0.1, 0.15) is 0 Å². The predicted octanol–water partition coefficient (Wildman–Crippen LogP) is 2.15. The molecule has 0 unspecified atom stereocenters. The smallest absolute Gasteiger partial charge is 0.269 e. The van der Waals surface area contributed by atoms with E-state index in [-0.39, 0.29) is 17.6 Å². The van der Waals surface area contributed by atoms with Gasteiger partial charge in [-0.25, -0.2) is 8.42 Å². The fourth-order valence-electron chi connectivity index (χ4n) is 3.44. The number of non-ortho nitro benzene ring substituents is 1. The van der Waals surface area contributed by atoms with Crippen LogP contribution in [0.1, 0.15) is 22.8 Å². The molecule has 29 heavy (non-hydrogen) atoms. The second-order valence-corrected chi connectivity index (χ2v) is 8.80. The summed E-state index contributed by atoms with van der Waals surface area (Å²) < 4.78 is 25.3. The van der Waals surface area contributed by atoms with E-state index in [1.54, 1.807) is 30.3 Å². The van der Waals surface area contributed by atoms with Crippen molar-refractivity contribution in [3.63, 3.8) is 0 Å². The minimum atomic E-state index is -3.36. The van der Waals surface area contributed by atoms with Gasteiger partial charge in [0.25, 0.3) is 11.6 Å². The van der Waals surface area contributed by atoms with Crippen molar-refractivity contribution >= 4 is 33.0 Å². The molecule has 2 N–H and O–H groups in total. The van der Waals surface area contributed by atoms with Gasteiger partial charge in [-0.05, 0) is 49.2 Å². The van der Waals surface area contributed by atoms with E-state index < -0.39 is 14.9 Å². The van der Waals surface area contributed by atoms with Gasteiger partial charge in [-0.2, -0.15) is 0 Å². The first-order chi connectivity index (χ1) is 13.7. The number of nitro benzene ring substituents is 1. The summed E-state index contributed by atoms with van der Waals surface area (Å²) in [5.74, 6) is -0.247. The van der Waals surface area contributed by atoms with Gasteiger partial charge in [0.15, 0.2) is 0 Å². The molecule has 0 saturated heterocycles. The molecule has 0 aliphatic carbocycles. The van der Waals surface area contributed by atoms with Crippen molar-refractivity contribution in [2.24, 2.45) is 0 Å². The molecule has 1 atom stereocenters. The SMILES string of the molecule is C[C@H]1Cc2cc(C(=O)NCCNc3ccc([N+](=O)[O-])cc3)ccc2N1S(C)(=O)=O. The van der Waals surface area contributed by atoms with E-state index in [4.69, 9.17) is 0 Å². The zero-order chi connectivity index (χ0) is 21.2. The maximum Gasteiger partial charge on any atom is 0.269 e. The van der Waals surface area contributed by atoms with Crippen LogP contribution in [-0.2, 0) is 16.4 Å². The summed E-state index contributed by atoms with van der Waals surface area (Å²) in [5.41, 5.74) is 2.67. The number of fused-ring (bicyclic) bond motifs is 1. The van der Waals surface area contributed by atoms with E-state index in [0.717, 1.165) is 11.3 Å². The van der Waals surface area contributed by atoms with Crippen LogP contribution in [0.15, 0.2) is 42.5 Å². The van der Waals surface area contributed by atoms with Crippen LogP contribution in [0.5, 0.6) is 0 Å². The monoisotopic (exact) mass is 418 g/mol. The van der Waals surface area contributed by atoms with Gasteiger partial charge < -0.3 is 10.6 Å². The molecular formula is C19H22N4O5S. The Balaban J connectivity index is 1.55. The number of hydrogen-bond acceptors (Lipinski definition) is 6. The molecule has 0 fully saturated rings. The third-order valence-electron chi connectivity index (χ3n) is 4.67. The largest absolute Gasteiger partial charge is 0.383 e. The second kappa shape index (κ2) is 8.08. The van der Waals surface area contributed by atoms with Crippen LogP contribution in [0.25, 0.3) is 0 Å². The number of sulfonamides is 1. The topological polar surface area (TPSA) is 122 Å². The van der Waals surface area contributed by atoms with Gasteiger partial charge in [0.2, 0.25) is 10.0 Å². The van der Waals surface area contributed by atoms with E-state index in [1.165, 1.54) is 22.7 Å². The number of carbonyl (C=O) groups is 1. The highest BCUT2D eigenvalue weighted by molar-refractivity contribution is 7.92. The fraction of sp³-hybridized carbons (Fsp3) is 0.316. The zero-order valence-corrected chi connectivity index (χ0v) is 16.9. The van der Waals surface area contributed by atoms with E-state index in [2.05, 4.69) is 10.6 Å². The van der Waals surface area contributed by atoms with Crippen LogP contribution >= 0.6 is 0 Å². The number of nitrogens with zero attached hydrogens (tertiary/aromatic N) is 2. The summed E-state index contributed by atoms with van der Waals surface area (Å²) in [6.07, 6.45) is 1.74. The summed E-state index contributed by atoms with van der Waals surface area (Å²) in [6, 6.07) is 10.9. The normalized spacial score (nSPS) is 15.7. The van der Waals surface area contributed by atoms with Gasteiger partial charge in [0.05, 0.1) is 16.9 Å². The first-order valence-corrected chi connectivity index (χ1v) is 10.9. The number of nitrogens with one attached hydrogen (secondary N) is 2. The molecule has 3 rings (SSSR count). The van der Waals surface area contributed by atoms with E-state index in [9.17, 15) is 23.3 Å². The highest BCUT2D eigenvalue weighted by Crippen LogP contribution is 2.34. The van der Waals surface area contributed by atoms with Crippen LogP contribution < -0.4 is 14.9 Å². The lowest BCUT2D eigenvalue weighted by atomic mass is 10.1. The number of amides is 1. The van der Waals surface area contributed by atoms with Crippen molar-refractivity contribution in [3.8, 4) is 0 Å². The third-order valence-corrected chi connectivity index (χ3v) is 5.94. The molecule has 1 heterocycles. The molecule has 0 aromatic heterocycles. The van der Waals surface area contributed by atoms with Crippen molar-refractivity contribution in [2.75, 3.05) is 29.0 Å². The molecule has 9 nitrogen and oxygen atoms in total. The summed E-state index contributed by atoms with van der Waals surface area (Å²) in [5, 5.41) is 16.5. The average molecular weight is 418 g/mol. The summed E-state index contributed by atoms with van der Waals surface area (Å²) >= 11 is 0. The van der Waals surface area contributed by atoms with Crippen molar-refractivity contribution in [1.29, 1.82) is 0 Å². The number of benzene rings is 2. The molecular weight excluding hydrogens is 396 g/mol. The third kappa shape index (κ3) is 4.65. The van der Waals surface area contributed by atoms with E-state index in [1.807, 2.05) is 6.92 Å². The number of rotatable bonds is 7. The molecule has 0 bridgehead atoms. The molecule has 1 amide bonds. The maximum absolute atomic E-state index is 12.4. The Morgan fingerprint density at radius 1 is 1.21 bits per heavy atom. The Hall–Kier alpha value is -3.14. The Labute approximate surface area is 168 Å². The van der Waals surface area contributed by atoms with Crippen molar-refractivity contribution < 1.29 is 18.1 Å². The minimum Gasteiger partial charge on any atom is -0.383 e. The first kappa shape index (κ1) is 20.6. The minimum absolute atomic E-state index is 0.0178. The standard InChI is InChI=1S/C19H22N4O5S/c1-13-11-15-12-14(3-8-18(15)22(13)29(2,27)28)19(24)21-10-9-20-16-4-6-17(7-5-16)23(25)26/h3-8,12-13,20H,9-11H2,1-2H3,(H,21,24)/t13-/m0/s1. The Morgan fingerprint density at radius 3 is 2.52 bits per heavy atom. The molecule has 2 aromatic carbocycles. The molecule has 1 aliphatic heterocycles. The highest BCUT2D eigenvalue weighted by Gasteiger charge is 2.32. The number of anilines is 2. The molecule has 0 spiro atoms. The quantitative estimate of drug-likeness (QED) is 0.404.